The van der Waals surface area contributed by atoms with Gasteiger partial charge in [0.25, 0.3) is 5.91 Å². The van der Waals surface area contributed by atoms with E-state index >= 15 is 0 Å². The minimum atomic E-state index is -0.886. The molecular formula is C24H26F2N4O2. The summed E-state index contributed by atoms with van der Waals surface area (Å²) in [5, 5.41) is 10.4. The molecule has 2 N–H and O–H groups in total. The summed E-state index contributed by atoms with van der Waals surface area (Å²) in [5.74, 6) is -2.07. The third-order valence-corrected chi connectivity index (χ3v) is 6.32. The van der Waals surface area contributed by atoms with Crippen molar-refractivity contribution in [1.29, 1.82) is 0 Å². The summed E-state index contributed by atoms with van der Waals surface area (Å²) >= 11 is 0. The number of likely N-dealkylation sites (tertiary alicyclic amines) is 1. The number of nitrogens with one attached hydrogen (secondary N) is 2. The molecule has 0 aliphatic carbocycles. The fourth-order valence-corrected chi connectivity index (χ4v) is 4.41. The molecule has 5 rings (SSSR count). The fraction of sp³-hybridized carbons (Fsp3) is 0.417. The van der Waals surface area contributed by atoms with Gasteiger partial charge in [-0.05, 0) is 67.7 Å². The molecule has 3 aromatic rings. The third kappa shape index (κ3) is 4.25. The van der Waals surface area contributed by atoms with Gasteiger partial charge >= 0.3 is 0 Å². The zero-order valence-electron chi connectivity index (χ0n) is 17.8. The summed E-state index contributed by atoms with van der Waals surface area (Å²) in [7, 11) is 0. The molecule has 0 spiro atoms. The van der Waals surface area contributed by atoms with Crippen LogP contribution in [0.5, 0.6) is 0 Å². The van der Waals surface area contributed by atoms with E-state index in [4.69, 9.17) is 4.74 Å². The second-order valence-corrected chi connectivity index (χ2v) is 8.60. The van der Waals surface area contributed by atoms with Crippen molar-refractivity contribution in [2.45, 2.75) is 38.3 Å². The molecule has 2 fully saturated rings. The summed E-state index contributed by atoms with van der Waals surface area (Å²) in [6.07, 6.45) is 4.44. The molecule has 1 amide bonds. The van der Waals surface area contributed by atoms with Crippen molar-refractivity contribution >= 4 is 16.8 Å². The summed E-state index contributed by atoms with van der Waals surface area (Å²) in [6.45, 7) is 3.67. The van der Waals surface area contributed by atoms with E-state index in [9.17, 15) is 13.6 Å². The van der Waals surface area contributed by atoms with Crippen molar-refractivity contribution in [3.8, 4) is 11.1 Å². The molecule has 8 heteroatoms. The van der Waals surface area contributed by atoms with Crippen molar-refractivity contribution in [3.05, 3.63) is 53.2 Å². The number of nitrogens with zero attached hydrogens (tertiary/aromatic N) is 2. The molecule has 6 nitrogen and oxygen atoms in total. The van der Waals surface area contributed by atoms with Crippen LogP contribution >= 0.6 is 0 Å². The van der Waals surface area contributed by atoms with Crippen molar-refractivity contribution in [1.82, 2.24) is 20.4 Å². The molecule has 0 bridgehead atoms. The van der Waals surface area contributed by atoms with Crippen molar-refractivity contribution in [2.24, 2.45) is 0 Å². The first-order valence-corrected chi connectivity index (χ1v) is 11.2. The first-order valence-electron chi connectivity index (χ1n) is 11.2. The number of piperidine rings is 1. The second-order valence-electron chi connectivity index (χ2n) is 8.60. The molecule has 1 atom stereocenters. The van der Waals surface area contributed by atoms with Gasteiger partial charge in [-0.3, -0.25) is 14.8 Å². The molecule has 0 radical (unpaired) electrons. The number of hydrogen-bond donors (Lipinski definition) is 2. The Bertz CT molecular complexity index is 1140. The van der Waals surface area contributed by atoms with E-state index in [2.05, 4.69) is 20.4 Å². The first-order chi connectivity index (χ1) is 15.6. The first kappa shape index (κ1) is 21.0. The van der Waals surface area contributed by atoms with E-state index in [1.807, 2.05) is 0 Å². The maximum atomic E-state index is 14.8. The van der Waals surface area contributed by atoms with Gasteiger partial charge in [-0.25, -0.2) is 8.78 Å². The molecule has 168 valence electrons. The summed E-state index contributed by atoms with van der Waals surface area (Å²) in [5.41, 5.74) is 2.32. The minimum Gasteiger partial charge on any atom is -0.376 e. The lowest BCUT2D eigenvalue weighted by Crippen LogP contribution is -2.39. The highest BCUT2D eigenvalue weighted by atomic mass is 19.2. The van der Waals surface area contributed by atoms with Crippen molar-refractivity contribution in [2.75, 3.05) is 26.2 Å². The van der Waals surface area contributed by atoms with Gasteiger partial charge in [-0.15, -0.1) is 0 Å². The van der Waals surface area contributed by atoms with Crippen LogP contribution in [-0.2, 0) is 11.3 Å². The molecule has 3 heterocycles. The van der Waals surface area contributed by atoms with Crippen molar-refractivity contribution in [3.63, 3.8) is 0 Å². The quantitative estimate of drug-likeness (QED) is 0.608. The van der Waals surface area contributed by atoms with Gasteiger partial charge in [0, 0.05) is 30.6 Å². The SMILES string of the molecule is O=C(NCC1CCO1)c1n[nH]c2ccc(-c3cc(CN4CCCCC4)cc(F)c3F)cc12. The van der Waals surface area contributed by atoms with E-state index in [0.717, 1.165) is 37.9 Å². The molecular weight excluding hydrogens is 414 g/mol. The topological polar surface area (TPSA) is 70.2 Å². The van der Waals surface area contributed by atoms with Gasteiger partial charge in [0.15, 0.2) is 17.3 Å². The summed E-state index contributed by atoms with van der Waals surface area (Å²) < 4.78 is 34.6. The number of aromatic amines is 1. The largest absolute Gasteiger partial charge is 0.376 e. The van der Waals surface area contributed by atoms with Crippen LogP contribution in [0.1, 0.15) is 41.7 Å². The zero-order chi connectivity index (χ0) is 22.1. The number of H-pyrrole nitrogens is 1. The maximum absolute atomic E-state index is 14.8. The number of halogens is 2. The Hall–Kier alpha value is -2.84. The third-order valence-electron chi connectivity index (χ3n) is 6.32. The predicted octanol–water partition coefficient (Wildman–Crippen LogP) is 4.01. The minimum absolute atomic E-state index is 0.0411. The van der Waals surface area contributed by atoms with E-state index in [0.29, 0.717) is 36.2 Å². The van der Waals surface area contributed by atoms with Crippen LogP contribution in [-0.4, -0.2) is 53.3 Å². The second kappa shape index (κ2) is 8.96. The number of fused-ring (bicyclic) bond motifs is 1. The summed E-state index contributed by atoms with van der Waals surface area (Å²) in [4.78, 5) is 14.9. The van der Waals surface area contributed by atoms with Crippen LogP contribution in [0.15, 0.2) is 30.3 Å². The highest BCUT2D eigenvalue weighted by molar-refractivity contribution is 6.05. The van der Waals surface area contributed by atoms with Crippen molar-refractivity contribution < 1.29 is 18.3 Å². The van der Waals surface area contributed by atoms with E-state index in [1.165, 1.54) is 12.5 Å². The Morgan fingerprint density at radius 2 is 2.00 bits per heavy atom. The highest BCUT2D eigenvalue weighted by Gasteiger charge is 2.22. The monoisotopic (exact) mass is 440 g/mol. The fourth-order valence-electron chi connectivity index (χ4n) is 4.41. The molecule has 0 saturated carbocycles. The molecule has 1 unspecified atom stereocenters. The van der Waals surface area contributed by atoms with E-state index in [1.54, 1.807) is 24.3 Å². The van der Waals surface area contributed by atoms with Gasteiger partial charge in [-0.1, -0.05) is 12.5 Å². The Morgan fingerprint density at radius 3 is 2.75 bits per heavy atom. The number of carbonyl (C=O) groups excluding carboxylic acids is 1. The van der Waals surface area contributed by atoms with E-state index < -0.39 is 11.6 Å². The van der Waals surface area contributed by atoms with Crippen LogP contribution in [0.4, 0.5) is 8.78 Å². The smallest absolute Gasteiger partial charge is 0.272 e. The Kier molecular flexibility index (Phi) is 5.89. The number of amides is 1. The van der Waals surface area contributed by atoms with Gasteiger partial charge in [0.2, 0.25) is 0 Å². The Balaban J connectivity index is 1.43. The zero-order valence-corrected chi connectivity index (χ0v) is 17.8. The molecule has 2 aromatic carbocycles. The molecule has 2 saturated heterocycles. The maximum Gasteiger partial charge on any atom is 0.272 e. The average molecular weight is 440 g/mol. The lowest BCUT2D eigenvalue weighted by atomic mass is 9.99. The lowest BCUT2D eigenvalue weighted by molar-refractivity contribution is -0.0473. The standard InChI is InChI=1S/C24H26F2N4O2/c25-20-11-15(14-30-7-2-1-3-8-30)10-18(22(20)26)16-4-5-21-19(12-16)23(29-28-21)24(31)27-13-17-6-9-32-17/h4-5,10-12,17H,1-3,6-9,13-14H2,(H,27,31)(H,28,29). The van der Waals surface area contributed by atoms with Crippen LogP contribution in [0.25, 0.3) is 22.0 Å². The normalized spacial score (nSPS) is 19.1. The molecule has 2 aliphatic rings. The Labute approximate surface area is 184 Å². The molecule has 2 aliphatic heterocycles. The predicted molar refractivity (Wildman–Crippen MR) is 117 cm³/mol. The highest BCUT2D eigenvalue weighted by Crippen LogP contribution is 2.30. The molecule has 32 heavy (non-hydrogen) atoms. The number of carbonyl (C=O) groups is 1. The van der Waals surface area contributed by atoms with Gasteiger partial charge in [0.05, 0.1) is 11.6 Å². The number of benzene rings is 2. The Morgan fingerprint density at radius 1 is 1.19 bits per heavy atom. The molecule has 1 aromatic heterocycles. The van der Waals surface area contributed by atoms with Crippen LogP contribution < -0.4 is 5.32 Å². The van der Waals surface area contributed by atoms with Gasteiger partial charge in [-0.2, -0.15) is 5.10 Å². The number of ether oxygens (including phenoxy) is 1. The van der Waals surface area contributed by atoms with Crippen LogP contribution in [0, 0.1) is 11.6 Å². The number of hydrogen-bond acceptors (Lipinski definition) is 4. The average Bonchev–Trinajstić information content (AvgIpc) is 3.19. The number of aromatic nitrogens is 2. The lowest BCUT2D eigenvalue weighted by Gasteiger charge is -2.26. The van der Waals surface area contributed by atoms with Crippen LogP contribution in [0.3, 0.4) is 0 Å². The van der Waals surface area contributed by atoms with Gasteiger partial charge < -0.3 is 10.1 Å². The van der Waals surface area contributed by atoms with Gasteiger partial charge in [0.1, 0.15) is 0 Å². The van der Waals surface area contributed by atoms with Crippen LogP contribution in [0.2, 0.25) is 0 Å². The summed E-state index contributed by atoms with van der Waals surface area (Å²) in [6, 6.07) is 8.13. The van der Waals surface area contributed by atoms with E-state index in [-0.39, 0.29) is 23.3 Å². The number of rotatable bonds is 6.